The third-order valence-electron chi connectivity index (χ3n) is 2.99. The molecule has 0 aliphatic carbocycles. The van der Waals surface area contributed by atoms with Gasteiger partial charge in [-0.3, -0.25) is 9.59 Å². The molecule has 94 valence electrons. The first-order valence-electron chi connectivity index (χ1n) is 5.83. The van der Waals surface area contributed by atoms with Crippen LogP contribution in [0.3, 0.4) is 0 Å². The van der Waals surface area contributed by atoms with Crippen molar-refractivity contribution in [2.24, 2.45) is 5.73 Å². The lowest BCUT2D eigenvalue weighted by Crippen LogP contribution is -2.55. The minimum Gasteiger partial charge on any atom is -0.357 e. The van der Waals surface area contributed by atoms with Gasteiger partial charge < -0.3 is 16.0 Å². The highest BCUT2D eigenvalue weighted by molar-refractivity contribution is 5.89. The van der Waals surface area contributed by atoms with Crippen LogP contribution in [0.1, 0.15) is 25.7 Å². The first-order chi connectivity index (χ1) is 8.11. The summed E-state index contributed by atoms with van der Waals surface area (Å²) in [5, 5.41) is 2.58. The van der Waals surface area contributed by atoms with Crippen LogP contribution >= 0.6 is 0 Å². The Morgan fingerprint density at radius 2 is 2.29 bits per heavy atom. The van der Waals surface area contributed by atoms with Crippen LogP contribution in [0.5, 0.6) is 0 Å². The lowest BCUT2D eigenvalue weighted by atomic mass is 10.00. The number of likely N-dealkylation sites (N-methyl/N-ethyl adjacent to an activating group) is 1. The Morgan fingerprint density at radius 1 is 1.59 bits per heavy atom. The summed E-state index contributed by atoms with van der Waals surface area (Å²) < 4.78 is 0. The Labute approximate surface area is 102 Å². The Balaban J connectivity index is 2.74. The van der Waals surface area contributed by atoms with Gasteiger partial charge in [0.2, 0.25) is 11.8 Å². The zero-order valence-corrected chi connectivity index (χ0v) is 10.1. The smallest absolute Gasteiger partial charge is 0.242 e. The molecule has 1 saturated heterocycles. The van der Waals surface area contributed by atoms with E-state index in [9.17, 15) is 9.59 Å². The minimum atomic E-state index is -0.703. The third kappa shape index (κ3) is 3.21. The highest BCUT2D eigenvalue weighted by Gasteiger charge is 2.33. The van der Waals surface area contributed by atoms with E-state index >= 15 is 0 Å². The van der Waals surface area contributed by atoms with E-state index in [1.807, 2.05) is 0 Å². The van der Waals surface area contributed by atoms with Gasteiger partial charge >= 0.3 is 0 Å². The number of hydrogen-bond donors (Lipinski definition) is 2. The number of likely N-dealkylation sites (tertiary alicyclic amines) is 1. The van der Waals surface area contributed by atoms with Crippen molar-refractivity contribution < 1.29 is 9.59 Å². The van der Waals surface area contributed by atoms with Crippen LogP contribution in [0.15, 0.2) is 0 Å². The summed E-state index contributed by atoms with van der Waals surface area (Å²) in [5.41, 5.74) is 5.70. The van der Waals surface area contributed by atoms with Crippen molar-refractivity contribution >= 4 is 11.8 Å². The van der Waals surface area contributed by atoms with E-state index < -0.39 is 12.1 Å². The van der Waals surface area contributed by atoms with Gasteiger partial charge in [-0.2, -0.15) is 0 Å². The monoisotopic (exact) mass is 237 g/mol. The molecule has 0 spiro atoms. The number of amides is 2. The summed E-state index contributed by atoms with van der Waals surface area (Å²) >= 11 is 0. The molecule has 1 heterocycles. The van der Waals surface area contributed by atoms with E-state index in [2.05, 4.69) is 11.2 Å². The van der Waals surface area contributed by atoms with Crippen LogP contribution in [0.2, 0.25) is 0 Å². The Morgan fingerprint density at radius 3 is 2.88 bits per heavy atom. The van der Waals surface area contributed by atoms with Crippen molar-refractivity contribution in [1.82, 2.24) is 10.2 Å². The summed E-state index contributed by atoms with van der Waals surface area (Å²) in [5.74, 6) is 2.01. The van der Waals surface area contributed by atoms with Gasteiger partial charge in [-0.1, -0.05) is 0 Å². The third-order valence-corrected chi connectivity index (χ3v) is 2.99. The van der Waals surface area contributed by atoms with Crippen molar-refractivity contribution in [3.05, 3.63) is 0 Å². The highest BCUT2D eigenvalue weighted by Crippen LogP contribution is 2.18. The van der Waals surface area contributed by atoms with Crippen LogP contribution in [0.4, 0.5) is 0 Å². The summed E-state index contributed by atoms with van der Waals surface area (Å²) in [7, 11) is 1.57. The number of nitrogens with zero attached hydrogens (tertiary/aromatic N) is 1. The lowest BCUT2D eigenvalue weighted by molar-refractivity contribution is -0.143. The second-order valence-electron chi connectivity index (χ2n) is 4.17. The maximum atomic E-state index is 12.0. The lowest BCUT2D eigenvalue weighted by Gasteiger charge is -2.35. The molecule has 0 aromatic rings. The van der Waals surface area contributed by atoms with Crippen LogP contribution < -0.4 is 11.1 Å². The van der Waals surface area contributed by atoms with Crippen LogP contribution in [-0.2, 0) is 9.59 Å². The maximum Gasteiger partial charge on any atom is 0.242 e. The van der Waals surface area contributed by atoms with E-state index in [4.69, 9.17) is 12.2 Å². The highest BCUT2D eigenvalue weighted by atomic mass is 16.2. The molecule has 5 heteroatoms. The molecule has 2 unspecified atom stereocenters. The molecule has 0 radical (unpaired) electrons. The molecule has 0 aromatic carbocycles. The van der Waals surface area contributed by atoms with E-state index in [-0.39, 0.29) is 18.2 Å². The Kier molecular flexibility index (Phi) is 4.98. The fourth-order valence-electron chi connectivity index (χ4n) is 2.06. The zero-order chi connectivity index (χ0) is 12.8. The van der Waals surface area contributed by atoms with Crippen molar-refractivity contribution in [3.8, 4) is 12.3 Å². The Bertz CT molecular complexity index is 335. The molecule has 17 heavy (non-hydrogen) atoms. The molecule has 0 bridgehead atoms. The zero-order valence-electron chi connectivity index (χ0n) is 10.1. The molecule has 0 aromatic heterocycles. The molecular weight excluding hydrogens is 218 g/mol. The average Bonchev–Trinajstić information content (AvgIpc) is 2.37. The fourth-order valence-corrected chi connectivity index (χ4v) is 2.06. The topological polar surface area (TPSA) is 75.4 Å². The first kappa shape index (κ1) is 13.5. The van der Waals surface area contributed by atoms with Crippen molar-refractivity contribution in [2.45, 2.75) is 37.8 Å². The van der Waals surface area contributed by atoms with E-state index in [0.717, 1.165) is 12.8 Å². The fraction of sp³-hybridized carbons (Fsp3) is 0.667. The van der Waals surface area contributed by atoms with Gasteiger partial charge in [-0.15, -0.1) is 12.3 Å². The van der Waals surface area contributed by atoms with Gasteiger partial charge in [0.05, 0.1) is 6.04 Å². The molecule has 2 amide bonds. The predicted octanol–water partition coefficient (Wildman–Crippen LogP) is -0.536. The number of carbonyl (C=O) groups is 2. The maximum absolute atomic E-state index is 12.0. The number of rotatable bonds is 3. The van der Waals surface area contributed by atoms with Crippen molar-refractivity contribution in [2.75, 3.05) is 13.6 Å². The van der Waals surface area contributed by atoms with Crippen LogP contribution in [0, 0.1) is 12.3 Å². The minimum absolute atomic E-state index is 0.133. The van der Waals surface area contributed by atoms with Crippen molar-refractivity contribution in [3.63, 3.8) is 0 Å². The van der Waals surface area contributed by atoms with Gasteiger partial charge in [-0.05, 0) is 19.3 Å². The van der Waals surface area contributed by atoms with E-state index in [0.29, 0.717) is 13.0 Å². The molecule has 1 fully saturated rings. The number of terminal acetylenes is 1. The largest absolute Gasteiger partial charge is 0.357 e. The summed E-state index contributed by atoms with van der Waals surface area (Å²) in [6, 6.07) is -1.10. The molecule has 3 N–H and O–H groups in total. The second-order valence-corrected chi connectivity index (χ2v) is 4.17. The molecule has 5 nitrogen and oxygen atoms in total. The van der Waals surface area contributed by atoms with Gasteiger partial charge in [0.15, 0.2) is 0 Å². The summed E-state index contributed by atoms with van der Waals surface area (Å²) in [6.07, 6.45) is 7.89. The normalized spacial score (nSPS) is 21.5. The summed E-state index contributed by atoms with van der Waals surface area (Å²) in [6.45, 7) is 0.579. The molecule has 1 aliphatic heterocycles. The predicted molar refractivity (Wildman–Crippen MR) is 64.8 cm³/mol. The van der Waals surface area contributed by atoms with Crippen LogP contribution in [-0.4, -0.2) is 42.4 Å². The number of nitrogens with two attached hydrogens (primary N) is 1. The van der Waals surface area contributed by atoms with Gasteiger partial charge in [-0.25, -0.2) is 0 Å². The van der Waals surface area contributed by atoms with Gasteiger partial charge in [0, 0.05) is 20.0 Å². The molecular formula is C12H19N3O2. The van der Waals surface area contributed by atoms with Crippen LogP contribution in [0.25, 0.3) is 0 Å². The van der Waals surface area contributed by atoms with E-state index in [1.165, 1.54) is 0 Å². The quantitative estimate of drug-likeness (QED) is 0.648. The average molecular weight is 237 g/mol. The standard InChI is InChI=1S/C12H19N3O2/c1-3-6-9(13)12(17)15-8-5-4-7-10(15)11(16)14-2/h1,9-10H,4-8,13H2,2H3,(H,14,16). The number of nitrogens with one attached hydrogen (secondary N) is 1. The summed E-state index contributed by atoms with van der Waals surface area (Å²) in [4.78, 5) is 25.3. The Hall–Kier alpha value is -1.54. The number of carbonyl (C=O) groups excluding carboxylic acids is 2. The molecule has 0 saturated carbocycles. The SMILES string of the molecule is C#CCC(N)C(=O)N1CCCCC1C(=O)NC. The van der Waals surface area contributed by atoms with E-state index in [1.54, 1.807) is 11.9 Å². The number of piperidine rings is 1. The van der Waals surface area contributed by atoms with Gasteiger partial charge in [0.1, 0.15) is 6.04 Å². The van der Waals surface area contributed by atoms with Crippen molar-refractivity contribution in [1.29, 1.82) is 0 Å². The molecule has 2 atom stereocenters. The molecule has 1 aliphatic rings. The number of hydrogen-bond acceptors (Lipinski definition) is 3. The molecule has 1 rings (SSSR count). The van der Waals surface area contributed by atoms with Gasteiger partial charge in [0.25, 0.3) is 0 Å². The first-order valence-corrected chi connectivity index (χ1v) is 5.83. The second kappa shape index (κ2) is 6.26.